The summed E-state index contributed by atoms with van der Waals surface area (Å²) in [6.45, 7) is 5.99. The van der Waals surface area contributed by atoms with E-state index in [4.69, 9.17) is 0 Å². The molecule has 0 fully saturated rings. The smallest absolute Gasteiger partial charge is 0.306 e. The first-order valence-corrected chi connectivity index (χ1v) is 10.8. The minimum absolute atomic E-state index is 0.0445. The Morgan fingerprint density at radius 2 is 2.04 bits per heavy atom. The van der Waals surface area contributed by atoms with E-state index in [-0.39, 0.29) is 28.6 Å². The second-order valence-electron chi connectivity index (χ2n) is 6.98. The summed E-state index contributed by atoms with van der Waals surface area (Å²) in [5.41, 5.74) is 1.01. The van der Waals surface area contributed by atoms with Crippen molar-refractivity contribution in [3.05, 3.63) is 45.3 Å². The lowest BCUT2D eigenvalue weighted by Crippen LogP contribution is -2.26. The summed E-state index contributed by atoms with van der Waals surface area (Å²) in [7, 11) is 0. The number of nitrogens with one attached hydrogen (secondary N) is 2. The van der Waals surface area contributed by atoms with Gasteiger partial charge in [-0.2, -0.15) is 0 Å². The van der Waals surface area contributed by atoms with Crippen molar-refractivity contribution in [2.45, 2.75) is 43.6 Å². The van der Waals surface area contributed by atoms with Gasteiger partial charge in [0.2, 0.25) is 0 Å². The number of aliphatic hydroxyl groups is 1. The summed E-state index contributed by atoms with van der Waals surface area (Å²) in [5, 5.41) is 13.2. The number of nitrogens with zero attached hydrogens (tertiary/aromatic N) is 2. The molecule has 2 heterocycles. The summed E-state index contributed by atoms with van der Waals surface area (Å²) in [6.07, 6.45) is 0.759. The molecule has 3 N–H and O–H groups in total. The summed E-state index contributed by atoms with van der Waals surface area (Å²) < 4.78 is 14.7. The van der Waals surface area contributed by atoms with Crippen LogP contribution < -0.4 is 10.2 Å². The second kappa shape index (κ2) is 9.02. The van der Waals surface area contributed by atoms with Crippen molar-refractivity contribution in [1.29, 1.82) is 0 Å². The van der Waals surface area contributed by atoms with Crippen molar-refractivity contribution in [2.75, 3.05) is 11.9 Å². The molecule has 0 bridgehead atoms. The van der Waals surface area contributed by atoms with E-state index in [0.717, 1.165) is 17.8 Å². The highest BCUT2D eigenvalue weighted by Crippen LogP contribution is 2.36. The highest BCUT2D eigenvalue weighted by atomic mass is 32.2. The molecular weight excluding hydrogens is 399 g/mol. The number of aliphatic hydroxyl groups excluding tert-OH is 1. The van der Waals surface area contributed by atoms with Crippen LogP contribution in [0.15, 0.2) is 34.2 Å². The van der Waals surface area contributed by atoms with Crippen molar-refractivity contribution < 1.29 is 9.50 Å². The number of aromatic amines is 1. The van der Waals surface area contributed by atoms with Crippen molar-refractivity contribution in [3.63, 3.8) is 0 Å². The zero-order valence-corrected chi connectivity index (χ0v) is 17.5. The molecule has 2 aromatic heterocycles. The third-order valence-electron chi connectivity index (χ3n) is 4.20. The molecule has 3 aromatic rings. The van der Waals surface area contributed by atoms with Crippen LogP contribution in [0.2, 0.25) is 0 Å². The van der Waals surface area contributed by atoms with Crippen molar-refractivity contribution in [1.82, 2.24) is 15.0 Å². The first-order chi connectivity index (χ1) is 13.4. The molecule has 0 spiro atoms. The number of hydrogen-bond acceptors (Lipinski definition) is 7. The molecule has 2 atom stereocenters. The van der Waals surface area contributed by atoms with Gasteiger partial charge in [-0.3, -0.25) is 9.78 Å². The first kappa shape index (κ1) is 20.8. The van der Waals surface area contributed by atoms with E-state index in [1.807, 2.05) is 6.92 Å². The molecule has 0 unspecified atom stereocenters. The fourth-order valence-electron chi connectivity index (χ4n) is 2.94. The van der Waals surface area contributed by atoms with Gasteiger partial charge in [-0.05, 0) is 25.3 Å². The molecule has 9 heteroatoms. The summed E-state index contributed by atoms with van der Waals surface area (Å²) in [4.78, 5) is 23.3. The highest BCUT2D eigenvalue weighted by Gasteiger charge is 2.19. The Labute approximate surface area is 170 Å². The molecule has 0 saturated heterocycles. The zero-order valence-electron chi connectivity index (χ0n) is 15.9. The molecule has 3 rings (SSSR count). The number of aromatic nitrogens is 3. The average molecular weight is 423 g/mol. The van der Waals surface area contributed by atoms with Crippen molar-refractivity contribution in [3.8, 4) is 0 Å². The fourth-order valence-corrected chi connectivity index (χ4v) is 4.59. The van der Waals surface area contributed by atoms with Crippen LogP contribution in [0.25, 0.3) is 10.3 Å². The molecule has 6 nitrogen and oxygen atoms in total. The summed E-state index contributed by atoms with van der Waals surface area (Å²) in [6, 6.07) is 6.43. The molecule has 0 amide bonds. The maximum atomic E-state index is 14.1. The molecule has 0 aliphatic rings. The van der Waals surface area contributed by atoms with Crippen LogP contribution in [0.4, 0.5) is 10.2 Å². The largest absolute Gasteiger partial charge is 0.394 e. The number of fused-ring (bicyclic) bond motifs is 1. The van der Waals surface area contributed by atoms with Gasteiger partial charge in [-0.1, -0.05) is 55.1 Å². The summed E-state index contributed by atoms with van der Waals surface area (Å²) in [5.74, 6) is 0.626. The Morgan fingerprint density at radius 1 is 1.29 bits per heavy atom. The normalized spacial score (nSPS) is 13.8. The van der Waals surface area contributed by atoms with Gasteiger partial charge in [0.05, 0.1) is 12.6 Å². The Hall–Kier alpha value is -1.97. The van der Waals surface area contributed by atoms with Gasteiger partial charge in [0, 0.05) is 10.8 Å². The standard InChI is InChI=1S/C19H23FN4O2S2/c1-10(2)8-12(9-25)21-16-15-17(24-19(26)28-15)23-18(22-16)27-11(3)13-6-4-5-7-14(13)20/h4-7,10-12,25H,8-9H2,1-3H3,(H2,21,22,23,24,26)/t11-,12+/m0/s1. The Bertz CT molecular complexity index is 1010. The topological polar surface area (TPSA) is 90.9 Å². The minimum Gasteiger partial charge on any atom is -0.394 e. The maximum absolute atomic E-state index is 14.1. The lowest BCUT2D eigenvalue weighted by molar-refractivity contribution is 0.259. The molecule has 1 aromatic carbocycles. The second-order valence-corrected chi connectivity index (χ2v) is 9.27. The number of benzene rings is 1. The van der Waals surface area contributed by atoms with E-state index >= 15 is 0 Å². The van der Waals surface area contributed by atoms with Crippen LogP contribution in [0, 0.1) is 11.7 Å². The van der Waals surface area contributed by atoms with Crippen LogP contribution in [0.3, 0.4) is 0 Å². The number of anilines is 1. The van der Waals surface area contributed by atoms with Crippen LogP contribution in [0.5, 0.6) is 0 Å². The fraction of sp³-hybridized carbons (Fsp3) is 0.421. The monoisotopic (exact) mass is 422 g/mol. The van der Waals surface area contributed by atoms with E-state index in [1.165, 1.54) is 17.8 Å². The predicted octanol–water partition coefficient (Wildman–Crippen LogP) is 4.19. The first-order valence-electron chi connectivity index (χ1n) is 9.06. The zero-order chi connectivity index (χ0) is 20.3. The third-order valence-corrected chi connectivity index (χ3v) is 6.08. The number of rotatable bonds is 8. The Balaban J connectivity index is 1.93. The molecular formula is C19H23FN4O2S2. The quantitative estimate of drug-likeness (QED) is 0.372. The molecule has 0 radical (unpaired) electrons. The lowest BCUT2D eigenvalue weighted by atomic mass is 10.0. The minimum atomic E-state index is -0.275. The van der Waals surface area contributed by atoms with E-state index < -0.39 is 0 Å². The van der Waals surface area contributed by atoms with Gasteiger partial charge in [0.25, 0.3) is 0 Å². The van der Waals surface area contributed by atoms with Gasteiger partial charge in [0.15, 0.2) is 16.6 Å². The van der Waals surface area contributed by atoms with E-state index in [2.05, 4.69) is 34.1 Å². The van der Waals surface area contributed by atoms with Gasteiger partial charge < -0.3 is 10.4 Å². The number of hydrogen-bond donors (Lipinski definition) is 3. The van der Waals surface area contributed by atoms with Crippen LogP contribution in [-0.2, 0) is 0 Å². The molecule has 0 aliphatic heterocycles. The predicted molar refractivity (Wildman–Crippen MR) is 113 cm³/mol. The number of thiazole rings is 1. The van der Waals surface area contributed by atoms with Gasteiger partial charge >= 0.3 is 4.87 Å². The number of halogens is 1. The summed E-state index contributed by atoms with van der Waals surface area (Å²) >= 11 is 2.34. The molecule has 0 aliphatic carbocycles. The van der Waals surface area contributed by atoms with Gasteiger partial charge in [-0.15, -0.1) is 0 Å². The third kappa shape index (κ3) is 4.89. The molecule has 0 saturated carbocycles. The highest BCUT2D eigenvalue weighted by molar-refractivity contribution is 7.99. The van der Waals surface area contributed by atoms with E-state index in [9.17, 15) is 14.3 Å². The van der Waals surface area contributed by atoms with E-state index in [1.54, 1.807) is 18.2 Å². The van der Waals surface area contributed by atoms with Crippen LogP contribution in [-0.4, -0.2) is 32.7 Å². The number of thioether (sulfide) groups is 1. The molecule has 150 valence electrons. The SMILES string of the molecule is CC(C)C[C@H](CO)Nc1nc(S[C@@H](C)c2ccccc2F)nc2[nH]c(=O)sc12. The molecule has 28 heavy (non-hydrogen) atoms. The average Bonchev–Trinajstić information content (AvgIpc) is 3.01. The number of H-pyrrole nitrogens is 1. The van der Waals surface area contributed by atoms with Crippen molar-refractivity contribution in [2.24, 2.45) is 5.92 Å². The van der Waals surface area contributed by atoms with Gasteiger partial charge in [0.1, 0.15) is 10.5 Å². The van der Waals surface area contributed by atoms with Gasteiger partial charge in [-0.25, -0.2) is 14.4 Å². The van der Waals surface area contributed by atoms with Crippen LogP contribution in [0.1, 0.15) is 38.0 Å². The van der Waals surface area contributed by atoms with Crippen molar-refractivity contribution >= 4 is 39.3 Å². The Morgan fingerprint density at radius 3 is 2.71 bits per heavy atom. The van der Waals surface area contributed by atoms with Crippen LogP contribution >= 0.6 is 23.1 Å². The Kier molecular flexibility index (Phi) is 6.69. The van der Waals surface area contributed by atoms with E-state index in [0.29, 0.717) is 32.8 Å². The maximum Gasteiger partial charge on any atom is 0.306 e. The lowest BCUT2D eigenvalue weighted by Gasteiger charge is -2.19.